The summed E-state index contributed by atoms with van der Waals surface area (Å²) in [5.74, 6) is 1.62. The average molecular weight is 247 g/mol. The summed E-state index contributed by atoms with van der Waals surface area (Å²) >= 11 is 0. The summed E-state index contributed by atoms with van der Waals surface area (Å²) < 4.78 is 15.7. The molecule has 0 aliphatic carbocycles. The number of methoxy groups -OCH3 is 1. The molecule has 0 aliphatic heterocycles. The predicted octanol–water partition coefficient (Wildman–Crippen LogP) is 2.46. The maximum Gasteiger partial charge on any atom is 0.123 e. The van der Waals surface area contributed by atoms with Gasteiger partial charge in [-0.15, -0.1) is 0 Å². The monoisotopic (exact) mass is 247 g/mol. The zero-order valence-corrected chi connectivity index (χ0v) is 10.4. The van der Waals surface area contributed by atoms with E-state index in [-0.39, 0.29) is 0 Å². The number of hydrogen-bond acceptors (Lipinski definition) is 4. The molecule has 2 aromatic rings. The summed E-state index contributed by atoms with van der Waals surface area (Å²) in [6, 6.07) is 9.53. The Labute approximate surface area is 107 Å². The Morgan fingerprint density at radius 3 is 2.89 bits per heavy atom. The summed E-state index contributed by atoms with van der Waals surface area (Å²) in [6.07, 6.45) is 3.40. The predicted molar refractivity (Wildman–Crippen MR) is 68.9 cm³/mol. The first-order valence-electron chi connectivity index (χ1n) is 5.87. The largest absolute Gasteiger partial charge is 0.497 e. The van der Waals surface area contributed by atoms with E-state index >= 15 is 0 Å². The summed E-state index contributed by atoms with van der Waals surface area (Å²) in [5.41, 5.74) is 1.14. The van der Waals surface area contributed by atoms with Crippen LogP contribution in [0.1, 0.15) is 5.56 Å². The highest BCUT2D eigenvalue weighted by atomic mass is 16.5. The number of ether oxygens (including phenoxy) is 2. The third-order valence-electron chi connectivity index (χ3n) is 2.50. The topological polar surface area (TPSA) is 43.6 Å². The molecule has 96 valence electrons. The highest BCUT2D eigenvalue weighted by Crippen LogP contribution is 2.18. The third-order valence-corrected chi connectivity index (χ3v) is 2.50. The van der Waals surface area contributed by atoms with Gasteiger partial charge in [0.1, 0.15) is 18.1 Å². The molecule has 0 amide bonds. The van der Waals surface area contributed by atoms with E-state index in [9.17, 15) is 0 Å². The Hall–Kier alpha value is -1.94. The number of nitrogens with one attached hydrogen (secondary N) is 1. The first kappa shape index (κ1) is 12.5. The third kappa shape index (κ3) is 3.82. The molecule has 4 nitrogen and oxygen atoms in total. The highest BCUT2D eigenvalue weighted by Gasteiger charge is 1.97. The highest BCUT2D eigenvalue weighted by molar-refractivity contribution is 5.32. The number of hydrogen-bond donors (Lipinski definition) is 1. The Balaban J connectivity index is 1.65. The van der Waals surface area contributed by atoms with Crippen molar-refractivity contribution in [2.45, 2.75) is 6.54 Å². The molecule has 0 saturated heterocycles. The summed E-state index contributed by atoms with van der Waals surface area (Å²) in [7, 11) is 1.64. The van der Waals surface area contributed by atoms with E-state index in [0.717, 1.165) is 30.2 Å². The van der Waals surface area contributed by atoms with E-state index in [2.05, 4.69) is 5.32 Å². The van der Waals surface area contributed by atoms with Gasteiger partial charge in [-0.25, -0.2) is 0 Å². The molecule has 0 unspecified atom stereocenters. The average Bonchev–Trinajstić information content (AvgIpc) is 2.92. The van der Waals surface area contributed by atoms with Crippen LogP contribution in [0.4, 0.5) is 0 Å². The molecule has 2 rings (SSSR count). The Bertz CT molecular complexity index is 454. The smallest absolute Gasteiger partial charge is 0.123 e. The van der Waals surface area contributed by atoms with Crippen LogP contribution in [0.15, 0.2) is 47.3 Å². The van der Waals surface area contributed by atoms with Gasteiger partial charge in [-0.05, 0) is 18.2 Å². The van der Waals surface area contributed by atoms with Gasteiger partial charge < -0.3 is 19.2 Å². The van der Waals surface area contributed by atoms with Crippen LogP contribution >= 0.6 is 0 Å². The standard InChI is InChI=1S/C14H17NO3/c1-16-13-3-2-4-14(9-13)18-8-6-15-10-12-5-7-17-11-12/h2-5,7,9,11,15H,6,8,10H2,1H3. The van der Waals surface area contributed by atoms with Crippen LogP contribution in [0, 0.1) is 0 Å². The quantitative estimate of drug-likeness (QED) is 0.763. The van der Waals surface area contributed by atoms with Crippen LogP contribution < -0.4 is 14.8 Å². The van der Waals surface area contributed by atoms with E-state index in [1.807, 2.05) is 30.3 Å². The molecule has 0 saturated carbocycles. The fourth-order valence-electron chi connectivity index (χ4n) is 1.56. The van der Waals surface area contributed by atoms with Crippen molar-refractivity contribution in [3.63, 3.8) is 0 Å². The minimum absolute atomic E-state index is 0.616. The van der Waals surface area contributed by atoms with Gasteiger partial charge in [0.15, 0.2) is 0 Å². The number of benzene rings is 1. The molecular weight excluding hydrogens is 230 g/mol. The van der Waals surface area contributed by atoms with Gasteiger partial charge in [0, 0.05) is 24.7 Å². The second-order valence-electron chi connectivity index (χ2n) is 3.84. The summed E-state index contributed by atoms with van der Waals surface area (Å²) in [4.78, 5) is 0. The van der Waals surface area contributed by atoms with Gasteiger partial charge >= 0.3 is 0 Å². The van der Waals surface area contributed by atoms with Crippen LogP contribution in [-0.2, 0) is 6.54 Å². The van der Waals surface area contributed by atoms with Gasteiger partial charge in [0.2, 0.25) is 0 Å². The molecule has 0 aliphatic rings. The maximum atomic E-state index is 5.60. The van der Waals surface area contributed by atoms with Crippen LogP contribution in [0.2, 0.25) is 0 Å². The first-order chi connectivity index (χ1) is 8.88. The van der Waals surface area contributed by atoms with Gasteiger partial charge in [-0.1, -0.05) is 6.07 Å². The fraction of sp³-hybridized carbons (Fsp3) is 0.286. The molecule has 0 fully saturated rings. The van der Waals surface area contributed by atoms with Crippen molar-refractivity contribution >= 4 is 0 Å². The molecule has 1 aromatic heterocycles. The molecule has 18 heavy (non-hydrogen) atoms. The van der Waals surface area contributed by atoms with Gasteiger partial charge in [0.05, 0.1) is 19.6 Å². The molecule has 0 radical (unpaired) electrons. The van der Waals surface area contributed by atoms with E-state index in [1.54, 1.807) is 19.6 Å². The Morgan fingerprint density at radius 1 is 1.22 bits per heavy atom. The van der Waals surface area contributed by atoms with Crippen LogP contribution in [0.25, 0.3) is 0 Å². The SMILES string of the molecule is COc1cccc(OCCNCc2ccoc2)c1. The van der Waals surface area contributed by atoms with Crippen molar-refractivity contribution in [3.05, 3.63) is 48.4 Å². The first-order valence-corrected chi connectivity index (χ1v) is 5.87. The second kappa shape index (κ2) is 6.71. The zero-order chi connectivity index (χ0) is 12.6. The van der Waals surface area contributed by atoms with Crippen molar-refractivity contribution in [1.29, 1.82) is 0 Å². The molecule has 0 spiro atoms. The second-order valence-corrected chi connectivity index (χ2v) is 3.84. The van der Waals surface area contributed by atoms with Gasteiger partial charge in [0.25, 0.3) is 0 Å². The minimum Gasteiger partial charge on any atom is -0.497 e. The summed E-state index contributed by atoms with van der Waals surface area (Å²) in [5, 5.41) is 3.27. The molecular formula is C14H17NO3. The normalized spacial score (nSPS) is 10.3. The van der Waals surface area contributed by atoms with Crippen LogP contribution in [-0.4, -0.2) is 20.3 Å². The lowest BCUT2D eigenvalue weighted by Crippen LogP contribution is -2.20. The van der Waals surface area contributed by atoms with Crippen LogP contribution in [0.3, 0.4) is 0 Å². The molecule has 1 N–H and O–H groups in total. The lowest BCUT2D eigenvalue weighted by atomic mass is 10.3. The van der Waals surface area contributed by atoms with Crippen molar-refractivity contribution in [1.82, 2.24) is 5.32 Å². The van der Waals surface area contributed by atoms with Gasteiger partial charge in [-0.3, -0.25) is 0 Å². The van der Waals surface area contributed by atoms with E-state index in [4.69, 9.17) is 13.9 Å². The maximum absolute atomic E-state index is 5.60. The fourth-order valence-corrected chi connectivity index (χ4v) is 1.56. The Kier molecular flexibility index (Phi) is 4.67. The van der Waals surface area contributed by atoms with E-state index < -0.39 is 0 Å². The zero-order valence-electron chi connectivity index (χ0n) is 10.4. The number of rotatable bonds is 7. The van der Waals surface area contributed by atoms with E-state index in [0.29, 0.717) is 6.61 Å². The van der Waals surface area contributed by atoms with E-state index in [1.165, 1.54) is 0 Å². The lowest BCUT2D eigenvalue weighted by Gasteiger charge is -2.08. The van der Waals surface area contributed by atoms with Crippen molar-refractivity contribution in [3.8, 4) is 11.5 Å². The molecule has 1 aromatic carbocycles. The molecule has 1 heterocycles. The van der Waals surface area contributed by atoms with Gasteiger partial charge in [-0.2, -0.15) is 0 Å². The minimum atomic E-state index is 0.616. The van der Waals surface area contributed by atoms with Crippen molar-refractivity contribution < 1.29 is 13.9 Å². The molecule has 0 bridgehead atoms. The van der Waals surface area contributed by atoms with Crippen molar-refractivity contribution in [2.24, 2.45) is 0 Å². The molecule has 0 atom stereocenters. The Morgan fingerprint density at radius 2 is 2.11 bits per heavy atom. The molecule has 4 heteroatoms. The van der Waals surface area contributed by atoms with Crippen molar-refractivity contribution in [2.75, 3.05) is 20.3 Å². The summed E-state index contributed by atoms with van der Waals surface area (Å²) in [6.45, 7) is 2.19. The number of furan rings is 1. The lowest BCUT2D eigenvalue weighted by molar-refractivity contribution is 0.311. The van der Waals surface area contributed by atoms with Crippen LogP contribution in [0.5, 0.6) is 11.5 Å².